The summed E-state index contributed by atoms with van der Waals surface area (Å²) in [6.45, 7) is 7.62. The lowest BCUT2D eigenvalue weighted by Crippen LogP contribution is -2.41. The van der Waals surface area contributed by atoms with Crippen molar-refractivity contribution in [3.05, 3.63) is 12.0 Å². The highest BCUT2D eigenvalue weighted by Gasteiger charge is 2.41. The van der Waals surface area contributed by atoms with Crippen LogP contribution < -0.4 is 27.8 Å². The van der Waals surface area contributed by atoms with Crippen molar-refractivity contribution >= 4 is 46.9 Å². The van der Waals surface area contributed by atoms with Crippen LogP contribution in [-0.2, 0) is 23.4 Å². The third kappa shape index (κ3) is 8.07. The topological polar surface area (TPSA) is 214 Å². The average molecular weight is 581 g/mol. The number of rotatable bonds is 13. The molecule has 3 heterocycles. The molecule has 0 saturated carbocycles. The number of carbonyl (C=O) groups is 1. The van der Waals surface area contributed by atoms with E-state index in [4.69, 9.17) is 31.2 Å². The molecule has 0 spiro atoms. The SMILES string of the molecule is CCC(=O)NCC(C)(C)SSCO[C@@H]1C[C@H](n2cnc3c2N=C(N)NC3N)OC1COP(=O)(O)C(C)N. The van der Waals surface area contributed by atoms with Gasteiger partial charge in [-0.3, -0.25) is 13.9 Å². The summed E-state index contributed by atoms with van der Waals surface area (Å²) in [6, 6.07) is 0. The summed E-state index contributed by atoms with van der Waals surface area (Å²) >= 11 is 0. The Balaban J connectivity index is 1.65. The van der Waals surface area contributed by atoms with Crippen LogP contribution in [0.4, 0.5) is 5.82 Å². The van der Waals surface area contributed by atoms with Crippen LogP contribution in [0.1, 0.15) is 58.6 Å². The van der Waals surface area contributed by atoms with Gasteiger partial charge < -0.3 is 46.7 Å². The molecular weight excluding hydrogens is 543 g/mol. The number of amides is 1. The minimum absolute atomic E-state index is 0.00408. The number of ether oxygens (including phenoxy) is 2. The van der Waals surface area contributed by atoms with E-state index in [1.54, 1.807) is 21.7 Å². The second kappa shape index (κ2) is 12.7. The molecule has 1 aromatic rings. The molecule has 6 atom stereocenters. The number of nitrogens with two attached hydrogens (primary N) is 3. The number of nitrogens with zero attached hydrogens (tertiary/aromatic N) is 3. The first kappa shape index (κ1) is 30.2. The van der Waals surface area contributed by atoms with Crippen molar-refractivity contribution in [3.8, 4) is 0 Å². The predicted octanol–water partition coefficient (Wildman–Crippen LogP) is 1.21. The van der Waals surface area contributed by atoms with E-state index in [-0.39, 0.29) is 23.2 Å². The third-order valence-electron chi connectivity index (χ3n) is 5.70. The first-order valence-electron chi connectivity index (χ1n) is 11.8. The van der Waals surface area contributed by atoms with Gasteiger partial charge in [-0.15, -0.1) is 0 Å². The van der Waals surface area contributed by atoms with E-state index in [0.29, 0.717) is 36.8 Å². The zero-order valence-corrected chi connectivity index (χ0v) is 23.9. The largest absolute Gasteiger partial charge is 0.370 e. The van der Waals surface area contributed by atoms with Gasteiger partial charge >= 0.3 is 7.60 Å². The zero-order valence-electron chi connectivity index (χ0n) is 21.3. The predicted molar refractivity (Wildman–Crippen MR) is 144 cm³/mol. The molecule has 1 amide bonds. The lowest BCUT2D eigenvalue weighted by molar-refractivity contribution is -0.120. The number of guanidine groups is 1. The number of nitrogens with one attached hydrogen (secondary N) is 2. The number of hydrogen-bond donors (Lipinski definition) is 6. The first-order chi connectivity index (χ1) is 17.3. The van der Waals surface area contributed by atoms with Crippen LogP contribution in [-0.4, -0.2) is 68.1 Å². The average Bonchev–Trinajstić information content (AvgIpc) is 3.43. The minimum atomic E-state index is -4.01. The van der Waals surface area contributed by atoms with Crippen LogP contribution in [0.3, 0.4) is 0 Å². The summed E-state index contributed by atoms with van der Waals surface area (Å²) in [5.74, 6) is -0.0862. The Hall–Kier alpha value is -1.36. The molecule has 0 bridgehead atoms. The summed E-state index contributed by atoms with van der Waals surface area (Å²) in [5, 5.41) is 5.72. The lowest BCUT2D eigenvalue weighted by atomic mass is 10.2. The molecule has 0 aliphatic carbocycles. The van der Waals surface area contributed by atoms with Crippen molar-refractivity contribution in [2.45, 2.75) is 75.7 Å². The molecule has 210 valence electrons. The lowest BCUT2D eigenvalue weighted by Gasteiger charge is -2.24. The van der Waals surface area contributed by atoms with Gasteiger partial charge in [0, 0.05) is 24.1 Å². The molecule has 1 fully saturated rings. The van der Waals surface area contributed by atoms with Crippen LogP contribution in [0.15, 0.2) is 11.3 Å². The van der Waals surface area contributed by atoms with Gasteiger partial charge in [0.05, 0.1) is 19.0 Å². The highest BCUT2D eigenvalue weighted by Crippen LogP contribution is 2.46. The van der Waals surface area contributed by atoms with Crippen molar-refractivity contribution in [1.82, 2.24) is 20.2 Å². The van der Waals surface area contributed by atoms with Gasteiger partial charge in [-0.2, -0.15) is 4.99 Å². The molecule has 0 radical (unpaired) electrons. The Labute approximate surface area is 224 Å². The minimum Gasteiger partial charge on any atom is -0.370 e. The summed E-state index contributed by atoms with van der Waals surface area (Å²) in [5.41, 5.74) is 18.0. The molecule has 1 aromatic heterocycles. The number of imidazole rings is 1. The molecule has 14 nitrogen and oxygen atoms in total. The van der Waals surface area contributed by atoms with Gasteiger partial charge in [0.1, 0.15) is 35.9 Å². The summed E-state index contributed by atoms with van der Waals surface area (Å²) in [4.78, 5) is 30.2. The smallest absolute Gasteiger partial charge is 0.344 e. The quantitative estimate of drug-likeness (QED) is 0.0838. The molecule has 37 heavy (non-hydrogen) atoms. The Kier molecular flexibility index (Phi) is 10.3. The van der Waals surface area contributed by atoms with Crippen molar-refractivity contribution < 1.29 is 28.3 Å². The van der Waals surface area contributed by atoms with E-state index < -0.39 is 38.0 Å². The normalized spacial score (nSPS) is 26.1. The first-order valence-corrected chi connectivity index (χ1v) is 15.8. The van der Waals surface area contributed by atoms with Gasteiger partial charge in [0.15, 0.2) is 11.8 Å². The summed E-state index contributed by atoms with van der Waals surface area (Å²) < 4.78 is 31.3. The molecule has 1 saturated heterocycles. The summed E-state index contributed by atoms with van der Waals surface area (Å²) in [6.07, 6.45) is 0.160. The van der Waals surface area contributed by atoms with Gasteiger partial charge in [-0.1, -0.05) is 28.5 Å². The Morgan fingerprint density at radius 3 is 2.92 bits per heavy atom. The van der Waals surface area contributed by atoms with Crippen molar-refractivity contribution in [2.75, 3.05) is 19.1 Å². The number of carbonyl (C=O) groups excluding carboxylic acids is 1. The fourth-order valence-corrected chi connectivity index (χ4v) is 6.32. The monoisotopic (exact) mass is 580 g/mol. The highest BCUT2D eigenvalue weighted by molar-refractivity contribution is 8.77. The van der Waals surface area contributed by atoms with Gasteiger partial charge in [-0.05, 0) is 20.8 Å². The second-order valence-electron chi connectivity index (χ2n) is 9.36. The maximum atomic E-state index is 12.3. The Morgan fingerprint density at radius 2 is 2.24 bits per heavy atom. The molecule has 17 heteroatoms. The van der Waals surface area contributed by atoms with Crippen molar-refractivity contribution in [3.63, 3.8) is 0 Å². The van der Waals surface area contributed by atoms with Crippen LogP contribution in [0.25, 0.3) is 0 Å². The van der Waals surface area contributed by atoms with Gasteiger partial charge in [0.25, 0.3) is 0 Å². The van der Waals surface area contributed by atoms with E-state index in [9.17, 15) is 14.3 Å². The number of aliphatic imine (C=N–C) groups is 1. The van der Waals surface area contributed by atoms with Crippen molar-refractivity contribution in [2.24, 2.45) is 22.2 Å². The van der Waals surface area contributed by atoms with E-state index in [0.717, 1.165) is 0 Å². The fourth-order valence-electron chi connectivity index (χ4n) is 3.55. The molecule has 4 unspecified atom stereocenters. The van der Waals surface area contributed by atoms with Crippen LogP contribution >= 0.6 is 29.2 Å². The number of hydrogen-bond acceptors (Lipinski definition) is 13. The zero-order chi connectivity index (χ0) is 27.4. The third-order valence-corrected chi connectivity index (χ3v) is 10.2. The van der Waals surface area contributed by atoms with E-state index >= 15 is 0 Å². The van der Waals surface area contributed by atoms with Crippen LogP contribution in [0.5, 0.6) is 0 Å². The van der Waals surface area contributed by atoms with Gasteiger partial charge in [-0.25, -0.2) is 4.98 Å². The highest BCUT2D eigenvalue weighted by atomic mass is 33.1. The molecule has 2 aliphatic rings. The van der Waals surface area contributed by atoms with E-state index in [1.807, 2.05) is 20.8 Å². The molecule has 3 rings (SSSR count). The molecule has 9 N–H and O–H groups in total. The van der Waals surface area contributed by atoms with Gasteiger partial charge in [0.2, 0.25) is 5.91 Å². The van der Waals surface area contributed by atoms with Crippen LogP contribution in [0, 0.1) is 0 Å². The maximum Gasteiger partial charge on any atom is 0.344 e. The standard InChI is InChI=1S/C20H37N8O6PS2/c1-5-14(29)24-8-20(3,4)37-36-10-32-12-6-15(34-13(12)7-33-35(30,31)11(2)21)28-9-25-16-17(22)26-19(23)27-18(16)28/h9,11-13,15,17H,5-8,10,21-22H2,1-4H3,(H,24,29)(H,30,31)(H3,23,26,27)/t11?,12-,13?,15-,17?/m1/s1. The Morgan fingerprint density at radius 1 is 1.51 bits per heavy atom. The van der Waals surface area contributed by atoms with E-state index in [1.165, 1.54) is 17.7 Å². The molecule has 2 aliphatic heterocycles. The van der Waals surface area contributed by atoms with Crippen molar-refractivity contribution in [1.29, 1.82) is 0 Å². The van der Waals surface area contributed by atoms with Crippen LogP contribution in [0.2, 0.25) is 0 Å². The number of fused-ring (bicyclic) bond motifs is 1. The molecular formula is C20H37N8O6PS2. The van der Waals surface area contributed by atoms with E-state index in [2.05, 4.69) is 20.6 Å². The molecule has 0 aromatic carbocycles. The summed E-state index contributed by atoms with van der Waals surface area (Å²) in [7, 11) is -0.925. The fraction of sp³-hybridized carbons (Fsp3) is 0.750. The Bertz CT molecular complexity index is 1020. The maximum absolute atomic E-state index is 12.3. The second-order valence-corrected chi connectivity index (χ2v) is 14.5. The number of aromatic nitrogens is 2.